The van der Waals surface area contributed by atoms with Gasteiger partial charge in [0.05, 0.1) is 5.25 Å². The van der Waals surface area contributed by atoms with Crippen LogP contribution in [0.5, 0.6) is 0 Å². The highest BCUT2D eigenvalue weighted by Gasteiger charge is 2.18. The number of nitrogens with zero attached hydrogens (tertiary/aromatic N) is 2. The maximum absolute atomic E-state index is 12.2. The number of anilines is 1. The molecule has 1 atom stereocenters. The van der Waals surface area contributed by atoms with Gasteiger partial charge in [-0.1, -0.05) is 23.9 Å². The summed E-state index contributed by atoms with van der Waals surface area (Å²) in [7, 11) is 1.58. The topological polar surface area (TPSA) is 96.8 Å². The second-order valence-corrected chi connectivity index (χ2v) is 6.06. The highest BCUT2D eigenvalue weighted by Crippen LogP contribution is 2.21. The van der Waals surface area contributed by atoms with Gasteiger partial charge in [-0.25, -0.2) is 9.89 Å². The van der Waals surface area contributed by atoms with Crippen molar-refractivity contribution in [3.8, 4) is 0 Å². The van der Waals surface area contributed by atoms with Gasteiger partial charge in [-0.3, -0.25) is 14.2 Å². The van der Waals surface area contributed by atoms with Gasteiger partial charge in [-0.2, -0.15) is 0 Å². The fourth-order valence-electron chi connectivity index (χ4n) is 1.71. The molecule has 1 amide bonds. The van der Waals surface area contributed by atoms with Crippen LogP contribution in [0, 0.1) is 0 Å². The van der Waals surface area contributed by atoms with Crippen LogP contribution in [-0.2, 0) is 11.8 Å². The zero-order chi connectivity index (χ0) is 16.3. The number of ketones is 1. The third-order valence-corrected chi connectivity index (χ3v) is 4.17. The molecule has 0 spiro atoms. The molecule has 1 heterocycles. The second kappa shape index (κ2) is 6.61. The summed E-state index contributed by atoms with van der Waals surface area (Å²) in [5, 5.41) is 8.90. The Morgan fingerprint density at radius 2 is 2.14 bits per heavy atom. The number of carbonyl (C=O) groups is 2. The van der Waals surface area contributed by atoms with Crippen molar-refractivity contribution in [3.05, 3.63) is 40.3 Å². The van der Waals surface area contributed by atoms with Crippen LogP contribution in [0.1, 0.15) is 24.2 Å². The number of amides is 1. The van der Waals surface area contributed by atoms with Crippen molar-refractivity contribution in [2.24, 2.45) is 7.05 Å². The van der Waals surface area contributed by atoms with Crippen LogP contribution in [0.2, 0.25) is 0 Å². The Kier molecular flexibility index (Phi) is 4.81. The number of thioether (sulfide) groups is 1. The summed E-state index contributed by atoms with van der Waals surface area (Å²) in [6, 6.07) is 6.74. The smallest absolute Gasteiger partial charge is 0.325 e. The molecule has 0 aliphatic heterocycles. The number of carbonyl (C=O) groups excluding carboxylic acids is 2. The van der Waals surface area contributed by atoms with Crippen LogP contribution in [0.25, 0.3) is 0 Å². The van der Waals surface area contributed by atoms with E-state index in [-0.39, 0.29) is 17.4 Å². The van der Waals surface area contributed by atoms with Crippen molar-refractivity contribution in [2.45, 2.75) is 24.3 Å². The standard InChI is InChI=1S/C14H16N4O3S/c1-8(19)10-5-4-6-11(7-10)15-12(20)9(2)22-14-17-16-13(21)18(14)3/h4-7,9H,1-3H3,(H,15,20)(H,16,21). The molecule has 0 aliphatic carbocycles. The average molecular weight is 320 g/mol. The molecule has 0 bridgehead atoms. The lowest BCUT2D eigenvalue weighted by atomic mass is 10.1. The number of benzene rings is 1. The van der Waals surface area contributed by atoms with E-state index < -0.39 is 5.25 Å². The lowest BCUT2D eigenvalue weighted by Crippen LogP contribution is -2.23. The maximum atomic E-state index is 12.2. The van der Waals surface area contributed by atoms with Gasteiger partial charge >= 0.3 is 5.69 Å². The van der Waals surface area contributed by atoms with Crippen LogP contribution in [0.4, 0.5) is 5.69 Å². The van der Waals surface area contributed by atoms with Gasteiger partial charge in [0, 0.05) is 18.3 Å². The van der Waals surface area contributed by atoms with Gasteiger partial charge in [0.1, 0.15) is 0 Å². The molecule has 7 nitrogen and oxygen atoms in total. The fraction of sp³-hybridized carbons (Fsp3) is 0.286. The lowest BCUT2D eigenvalue weighted by Gasteiger charge is -2.11. The largest absolute Gasteiger partial charge is 0.343 e. The van der Waals surface area contributed by atoms with Crippen LogP contribution in [0.3, 0.4) is 0 Å². The summed E-state index contributed by atoms with van der Waals surface area (Å²) in [6.45, 7) is 3.19. The number of aromatic amines is 1. The minimum atomic E-state index is -0.449. The molecule has 22 heavy (non-hydrogen) atoms. The number of rotatable bonds is 5. The molecule has 0 saturated heterocycles. The minimum absolute atomic E-state index is 0.0648. The number of nitrogens with one attached hydrogen (secondary N) is 2. The van der Waals surface area contributed by atoms with Gasteiger partial charge in [-0.05, 0) is 26.0 Å². The summed E-state index contributed by atoms with van der Waals surface area (Å²) in [5.41, 5.74) is 0.762. The average Bonchev–Trinajstić information content (AvgIpc) is 2.79. The summed E-state index contributed by atoms with van der Waals surface area (Å²) >= 11 is 1.17. The number of aromatic nitrogens is 3. The molecule has 8 heteroatoms. The first kappa shape index (κ1) is 16.0. The van der Waals surface area contributed by atoms with E-state index in [1.165, 1.54) is 23.3 Å². The predicted molar refractivity (Wildman–Crippen MR) is 84.2 cm³/mol. The van der Waals surface area contributed by atoms with Crippen molar-refractivity contribution >= 4 is 29.1 Å². The predicted octanol–water partition coefficient (Wildman–Crippen LogP) is 1.43. The van der Waals surface area contributed by atoms with Gasteiger partial charge in [-0.15, -0.1) is 5.10 Å². The lowest BCUT2D eigenvalue weighted by molar-refractivity contribution is -0.115. The summed E-state index contributed by atoms with van der Waals surface area (Å²) in [5.74, 6) is -0.300. The first-order chi connectivity index (χ1) is 10.4. The number of hydrogen-bond donors (Lipinski definition) is 2. The Hall–Kier alpha value is -2.35. The number of hydrogen-bond acceptors (Lipinski definition) is 5. The molecule has 0 fully saturated rings. The van der Waals surface area contributed by atoms with Crippen LogP contribution < -0.4 is 11.0 Å². The Morgan fingerprint density at radius 1 is 1.41 bits per heavy atom. The molecule has 2 rings (SSSR count). The Bertz CT molecular complexity index is 765. The van der Waals surface area contributed by atoms with Gasteiger partial charge in [0.25, 0.3) is 0 Å². The van der Waals surface area contributed by atoms with Crippen LogP contribution in [-0.4, -0.2) is 31.7 Å². The normalized spacial score (nSPS) is 12.0. The van der Waals surface area contributed by atoms with Crippen molar-refractivity contribution < 1.29 is 9.59 Å². The Balaban J connectivity index is 2.05. The quantitative estimate of drug-likeness (QED) is 0.641. The molecular weight excluding hydrogens is 304 g/mol. The molecule has 0 saturated carbocycles. The number of H-pyrrole nitrogens is 1. The fourth-order valence-corrected chi connectivity index (χ4v) is 2.53. The molecule has 0 aliphatic rings. The van der Waals surface area contributed by atoms with Gasteiger partial charge < -0.3 is 5.32 Å². The molecule has 1 unspecified atom stereocenters. The molecular formula is C14H16N4O3S. The maximum Gasteiger partial charge on any atom is 0.343 e. The first-order valence-corrected chi connectivity index (χ1v) is 7.46. The molecule has 2 N–H and O–H groups in total. The molecule has 0 radical (unpaired) electrons. The summed E-state index contributed by atoms with van der Waals surface area (Å²) in [6.07, 6.45) is 0. The molecule has 1 aromatic carbocycles. The third kappa shape index (κ3) is 3.64. The van der Waals surface area contributed by atoms with Gasteiger partial charge in [0.2, 0.25) is 5.91 Å². The van der Waals surface area contributed by atoms with Crippen molar-refractivity contribution in [1.29, 1.82) is 0 Å². The monoisotopic (exact) mass is 320 g/mol. The first-order valence-electron chi connectivity index (χ1n) is 6.58. The van der Waals surface area contributed by atoms with E-state index in [4.69, 9.17) is 0 Å². The van der Waals surface area contributed by atoms with E-state index in [0.717, 1.165) is 0 Å². The van der Waals surface area contributed by atoms with E-state index >= 15 is 0 Å². The zero-order valence-electron chi connectivity index (χ0n) is 12.4. The Labute approximate surface area is 131 Å². The molecule has 1 aromatic heterocycles. The molecule has 2 aromatic rings. The SMILES string of the molecule is CC(=O)c1cccc(NC(=O)C(C)Sc2n[nH]c(=O)n2C)c1. The zero-order valence-corrected chi connectivity index (χ0v) is 13.2. The van der Waals surface area contributed by atoms with Crippen LogP contribution in [0.15, 0.2) is 34.2 Å². The number of Topliss-reactive ketones (excluding diaryl/α,β-unsaturated/α-hetero) is 1. The highest BCUT2D eigenvalue weighted by atomic mass is 32.2. The van der Waals surface area contributed by atoms with Crippen LogP contribution >= 0.6 is 11.8 Å². The van der Waals surface area contributed by atoms with E-state index in [2.05, 4.69) is 15.5 Å². The van der Waals surface area contributed by atoms with Gasteiger partial charge in [0.15, 0.2) is 10.9 Å². The van der Waals surface area contributed by atoms with Crippen molar-refractivity contribution in [1.82, 2.24) is 14.8 Å². The Morgan fingerprint density at radius 3 is 2.73 bits per heavy atom. The second-order valence-electron chi connectivity index (χ2n) is 4.76. The van der Waals surface area contributed by atoms with Crippen molar-refractivity contribution in [2.75, 3.05) is 5.32 Å². The summed E-state index contributed by atoms with van der Waals surface area (Å²) < 4.78 is 1.34. The minimum Gasteiger partial charge on any atom is -0.325 e. The highest BCUT2D eigenvalue weighted by molar-refractivity contribution is 8.00. The van der Waals surface area contributed by atoms with E-state index in [1.807, 2.05) is 0 Å². The molecule has 116 valence electrons. The van der Waals surface area contributed by atoms with Crippen molar-refractivity contribution in [3.63, 3.8) is 0 Å². The summed E-state index contributed by atoms with van der Waals surface area (Å²) in [4.78, 5) is 34.8. The van der Waals surface area contributed by atoms with E-state index in [9.17, 15) is 14.4 Å². The third-order valence-electron chi connectivity index (χ3n) is 3.03. The van der Waals surface area contributed by atoms with E-state index in [0.29, 0.717) is 16.4 Å². The van der Waals surface area contributed by atoms with E-state index in [1.54, 1.807) is 38.2 Å².